The number of hydrogen-bond donors (Lipinski definition) is 1. The fraction of sp³-hybridized carbons (Fsp3) is 0.222. The molecular weight excluding hydrogens is 372 g/mol. The molecule has 0 bridgehead atoms. The number of rotatable bonds is 6. The number of carbonyl (C=O) groups excluding carboxylic acids is 3. The second kappa shape index (κ2) is 8.95. The number of hydrogen-bond acceptors (Lipinski definition) is 7. The van der Waals surface area contributed by atoms with E-state index < -0.39 is 23.4 Å². The van der Waals surface area contributed by atoms with E-state index in [1.165, 1.54) is 7.11 Å². The van der Waals surface area contributed by atoms with E-state index in [0.29, 0.717) is 15.7 Å². The second-order valence-corrected chi connectivity index (χ2v) is 6.38. The minimum Gasteiger partial charge on any atom is -0.465 e. The number of primary amides is 1. The molecule has 1 heterocycles. The number of esters is 2. The van der Waals surface area contributed by atoms with Gasteiger partial charge in [0.05, 0.1) is 29.9 Å². The first-order chi connectivity index (χ1) is 12.8. The van der Waals surface area contributed by atoms with Crippen LogP contribution in [-0.4, -0.2) is 36.1 Å². The van der Waals surface area contributed by atoms with Gasteiger partial charge in [0.25, 0.3) is 5.56 Å². The Labute approximate surface area is 158 Å². The molecule has 0 radical (unpaired) electrons. The molecule has 1 aromatic carbocycles. The predicted octanol–water partition coefficient (Wildman–Crippen LogP) is -0.646. The third kappa shape index (κ3) is 5.14. The van der Waals surface area contributed by atoms with Crippen LogP contribution in [0, 0.1) is 0 Å². The van der Waals surface area contributed by atoms with Gasteiger partial charge >= 0.3 is 11.9 Å². The summed E-state index contributed by atoms with van der Waals surface area (Å²) in [5.41, 5.74) is 5.78. The number of benzene rings is 1. The molecule has 0 saturated heterocycles. The quantitative estimate of drug-likeness (QED) is 0.655. The average Bonchev–Trinajstić information content (AvgIpc) is 2.90. The minimum absolute atomic E-state index is 0.187. The molecule has 0 spiro atoms. The summed E-state index contributed by atoms with van der Waals surface area (Å²) in [5.74, 6) is -1.79. The van der Waals surface area contributed by atoms with Gasteiger partial charge in [-0.3, -0.25) is 14.2 Å². The highest BCUT2D eigenvalue weighted by Gasteiger charge is 2.09. The smallest absolute Gasteiger partial charge is 0.337 e. The minimum atomic E-state index is -0.706. The lowest BCUT2D eigenvalue weighted by atomic mass is 10.1. The van der Waals surface area contributed by atoms with Crippen molar-refractivity contribution in [2.75, 3.05) is 13.7 Å². The van der Waals surface area contributed by atoms with E-state index in [9.17, 15) is 19.2 Å². The molecule has 0 atom stereocenters. The Bertz CT molecular complexity index is 1030. The van der Waals surface area contributed by atoms with Crippen molar-refractivity contribution in [1.82, 2.24) is 4.57 Å². The zero-order valence-electron chi connectivity index (χ0n) is 14.8. The number of aromatic nitrogens is 1. The van der Waals surface area contributed by atoms with Crippen molar-refractivity contribution < 1.29 is 23.9 Å². The highest BCUT2D eigenvalue weighted by Crippen LogP contribution is 2.06. The first-order valence-electron chi connectivity index (χ1n) is 7.92. The summed E-state index contributed by atoms with van der Waals surface area (Å²) >= 11 is 1.03. The number of thiazole rings is 1. The highest BCUT2D eigenvalue weighted by molar-refractivity contribution is 7.07. The summed E-state index contributed by atoms with van der Waals surface area (Å²) in [6.45, 7) is 1.50. The first kappa shape index (κ1) is 20.1. The zero-order valence-corrected chi connectivity index (χ0v) is 15.6. The SMILES string of the molecule is CCOC(=O)/C=c1\s/c(=C\c2ccc(C(=O)OC)cc2)c(=O)n1CC(N)=O. The average molecular weight is 390 g/mol. The van der Waals surface area contributed by atoms with Gasteiger partial charge in [-0.15, -0.1) is 11.3 Å². The van der Waals surface area contributed by atoms with E-state index in [2.05, 4.69) is 4.74 Å². The number of nitrogens with two attached hydrogens (primary N) is 1. The van der Waals surface area contributed by atoms with Crippen molar-refractivity contribution in [2.45, 2.75) is 13.5 Å². The molecule has 0 aliphatic rings. The largest absolute Gasteiger partial charge is 0.465 e. The van der Waals surface area contributed by atoms with E-state index in [1.807, 2.05) is 0 Å². The van der Waals surface area contributed by atoms with Crippen LogP contribution in [0.15, 0.2) is 29.1 Å². The lowest BCUT2D eigenvalue weighted by Gasteiger charge is -1.98. The van der Waals surface area contributed by atoms with Crippen molar-refractivity contribution in [3.63, 3.8) is 0 Å². The van der Waals surface area contributed by atoms with Crippen LogP contribution in [0.3, 0.4) is 0 Å². The zero-order chi connectivity index (χ0) is 20.0. The van der Waals surface area contributed by atoms with E-state index in [-0.39, 0.29) is 17.8 Å². The molecule has 1 aromatic heterocycles. The Kier molecular flexibility index (Phi) is 6.67. The molecule has 27 heavy (non-hydrogen) atoms. The topological polar surface area (TPSA) is 118 Å². The molecular formula is C18H18N2O6S. The maximum Gasteiger partial charge on any atom is 0.337 e. The first-order valence-corrected chi connectivity index (χ1v) is 8.74. The molecule has 0 aliphatic carbocycles. The molecule has 0 saturated carbocycles. The van der Waals surface area contributed by atoms with Crippen molar-refractivity contribution >= 4 is 41.3 Å². The normalized spacial score (nSPS) is 12.1. The van der Waals surface area contributed by atoms with Gasteiger partial charge in [0.2, 0.25) is 5.91 Å². The summed E-state index contributed by atoms with van der Waals surface area (Å²) in [5, 5.41) is 0. The Balaban J connectivity index is 2.53. The molecule has 9 heteroatoms. The van der Waals surface area contributed by atoms with Gasteiger partial charge in [0, 0.05) is 0 Å². The molecule has 0 aliphatic heterocycles. The summed E-state index contributed by atoms with van der Waals surface area (Å²) in [6, 6.07) is 6.44. The molecule has 8 nitrogen and oxygen atoms in total. The van der Waals surface area contributed by atoms with E-state index >= 15 is 0 Å². The Morgan fingerprint density at radius 1 is 1.22 bits per heavy atom. The molecule has 0 unspecified atom stereocenters. The number of nitrogens with zero attached hydrogens (tertiary/aromatic N) is 1. The second-order valence-electron chi connectivity index (χ2n) is 5.32. The van der Waals surface area contributed by atoms with Crippen LogP contribution in [0.25, 0.3) is 12.2 Å². The van der Waals surface area contributed by atoms with Crippen molar-refractivity contribution in [3.05, 3.63) is 54.9 Å². The summed E-state index contributed by atoms with van der Waals surface area (Å²) < 4.78 is 11.2. The van der Waals surface area contributed by atoms with E-state index in [0.717, 1.165) is 22.0 Å². The third-order valence-corrected chi connectivity index (χ3v) is 4.47. The van der Waals surface area contributed by atoms with Crippen LogP contribution < -0.4 is 20.5 Å². The fourth-order valence-electron chi connectivity index (χ4n) is 2.22. The lowest BCUT2D eigenvalue weighted by molar-refractivity contribution is -0.135. The maximum absolute atomic E-state index is 12.6. The van der Waals surface area contributed by atoms with Gasteiger partial charge < -0.3 is 15.2 Å². The lowest BCUT2D eigenvalue weighted by Crippen LogP contribution is -2.36. The Hall–Kier alpha value is -3.20. The Morgan fingerprint density at radius 2 is 1.89 bits per heavy atom. The van der Waals surface area contributed by atoms with Crippen molar-refractivity contribution in [2.24, 2.45) is 5.73 Å². The number of amides is 1. The van der Waals surface area contributed by atoms with Crippen LogP contribution in [0.1, 0.15) is 22.8 Å². The predicted molar refractivity (Wildman–Crippen MR) is 99.5 cm³/mol. The Morgan fingerprint density at radius 3 is 2.44 bits per heavy atom. The molecule has 142 valence electrons. The monoisotopic (exact) mass is 390 g/mol. The summed E-state index contributed by atoms with van der Waals surface area (Å²) in [6.07, 6.45) is 2.74. The van der Waals surface area contributed by atoms with Gasteiger partial charge in [-0.25, -0.2) is 9.59 Å². The van der Waals surface area contributed by atoms with Crippen molar-refractivity contribution in [1.29, 1.82) is 0 Å². The molecule has 2 N–H and O–H groups in total. The van der Waals surface area contributed by atoms with Gasteiger partial charge in [-0.1, -0.05) is 12.1 Å². The van der Waals surface area contributed by atoms with Crippen LogP contribution >= 0.6 is 11.3 Å². The van der Waals surface area contributed by atoms with Gasteiger partial charge in [0.1, 0.15) is 11.2 Å². The maximum atomic E-state index is 12.6. The number of ether oxygens (including phenoxy) is 2. The van der Waals surface area contributed by atoms with Gasteiger partial charge in [-0.05, 0) is 30.7 Å². The number of methoxy groups -OCH3 is 1. The van der Waals surface area contributed by atoms with E-state index in [1.54, 1.807) is 37.3 Å². The molecule has 0 fully saturated rings. The fourth-order valence-corrected chi connectivity index (χ4v) is 3.25. The summed E-state index contributed by atoms with van der Waals surface area (Å²) in [4.78, 5) is 47.0. The van der Waals surface area contributed by atoms with E-state index in [4.69, 9.17) is 10.5 Å². The van der Waals surface area contributed by atoms with Gasteiger partial charge in [-0.2, -0.15) is 0 Å². The number of carbonyl (C=O) groups is 3. The van der Waals surface area contributed by atoms with Crippen LogP contribution in [0.4, 0.5) is 0 Å². The van der Waals surface area contributed by atoms with Crippen LogP contribution in [0.5, 0.6) is 0 Å². The standard InChI is InChI=1S/C18H18N2O6S/c1-3-26-16(22)9-15-20(10-14(19)21)17(23)13(27-15)8-11-4-6-12(7-5-11)18(24)25-2/h4-9H,3,10H2,1-2H3,(H2,19,21)/b13-8-,15-9-. The van der Waals surface area contributed by atoms with Crippen LogP contribution in [-0.2, 0) is 25.6 Å². The molecule has 2 rings (SSSR count). The molecule has 2 aromatic rings. The molecule has 1 amide bonds. The summed E-state index contributed by atoms with van der Waals surface area (Å²) in [7, 11) is 1.29. The highest BCUT2D eigenvalue weighted by atomic mass is 32.1. The van der Waals surface area contributed by atoms with Crippen LogP contribution in [0.2, 0.25) is 0 Å². The third-order valence-electron chi connectivity index (χ3n) is 3.41. The van der Waals surface area contributed by atoms with Crippen molar-refractivity contribution in [3.8, 4) is 0 Å². The van der Waals surface area contributed by atoms with Gasteiger partial charge in [0.15, 0.2) is 0 Å².